The van der Waals surface area contributed by atoms with Crippen LogP contribution < -0.4 is 0 Å². The molecule has 3 heterocycles. The van der Waals surface area contributed by atoms with E-state index < -0.39 is 0 Å². The molecule has 0 aliphatic carbocycles. The molecule has 1 atom stereocenters. The van der Waals surface area contributed by atoms with E-state index in [1.807, 2.05) is 50.8 Å². The highest BCUT2D eigenvalue weighted by atomic mass is 16.5. The number of aryl methyl sites for hydroxylation is 3. The van der Waals surface area contributed by atoms with E-state index in [0.29, 0.717) is 18.0 Å². The van der Waals surface area contributed by atoms with Crippen LogP contribution in [0.3, 0.4) is 0 Å². The second kappa shape index (κ2) is 7.78. The molecule has 0 unspecified atom stereocenters. The van der Waals surface area contributed by atoms with Gasteiger partial charge in [0.1, 0.15) is 5.82 Å². The fraction of sp³-hybridized carbons (Fsp3) is 0.391. The zero-order valence-electron chi connectivity index (χ0n) is 17.4. The van der Waals surface area contributed by atoms with Crippen molar-refractivity contribution in [2.24, 2.45) is 0 Å². The fourth-order valence-corrected chi connectivity index (χ4v) is 4.03. The molecule has 1 amide bonds. The molecule has 1 aliphatic rings. The Bertz CT molecular complexity index is 1060. The molecule has 2 aromatic heterocycles. The van der Waals surface area contributed by atoms with Gasteiger partial charge in [0.05, 0.1) is 29.4 Å². The standard InChI is InChI=1S/C23H26N4O2/c1-14-7-5-8-18(11-14)12-21(28)27-10-6-9-20(27)22-19(13-24-17(4)25-22)23-15(2)16(3)26-29-23/h5,7-8,11,13,20H,6,9-10,12H2,1-4H3/t20-/m1/s1. The summed E-state index contributed by atoms with van der Waals surface area (Å²) in [5.74, 6) is 1.51. The van der Waals surface area contributed by atoms with Crippen molar-refractivity contribution in [2.75, 3.05) is 6.54 Å². The van der Waals surface area contributed by atoms with Crippen molar-refractivity contribution in [2.45, 2.75) is 53.0 Å². The van der Waals surface area contributed by atoms with Crippen LogP contribution in [-0.4, -0.2) is 32.5 Å². The molecule has 1 aromatic carbocycles. The van der Waals surface area contributed by atoms with Gasteiger partial charge in [-0.15, -0.1) is 0 Å². The average Bonchev–Trinajstić information content (AvgIpc) is 3.30. The highest BCUT2D eigenvalue weighted by Gasteiger charge is 2.34. The number of hydrogen-bond acceptors (Lipinski definition) is 5. The van der Waals surface area contributed by atoms with Crippen molar-refractivity contribution in [1.82, 2.24) is 20.0 Å². The molecule has 6 heteroatoms. The van der Waals surface area contributed by atoms with Crippen LogP contribution >= 0.6 is 0 Å². The number of nitrogens with zero attached hydrogens (tertiary/aromatic N) is 4. The summed E-state index contributed by atoms with van der Waals surface area (Å²) in [6.07, 6.45) is 4.04. The Labute approximate surface area is 171 Å². The summed E-state index contributed by atoms with van der Waals surface area (Å²) in [7, 11) is 0. The number of carbonyl (C=O) groups is 1. The number of amides is 1. The monoisotopic (exact) mass is 390 g/mol. The van der Waals surface area contributed by atoms with Gasteiger partial charge in [0.25, 0.3) is 0 Å². The van der Waals surface area contributed by atoms with E-state index in [1.165, 1.54) is 0 Å². The zero-order valence-corrected chi connectivity index (χ0v) is 17.4. The topological polar surface area (TPSA) is 72.1 Å². The minimum absolute atomic E-state index is 0.0752. The molecule has 150 valence electrons. The summed E-state index contributed by atoms with van der Waals surface area (Å²) in [4.78, 5) is 24.3. The van der Waals surface area contributed by atoms with Gasteiger partial charge in [-0.05, 0) is 46.1 Å². The summed E-state index contributed by atoms with van der Waals surface area (Å²) < 4.78 is 5.59. The first-order chi connectivity index (χ1) is 13.9. The molecular formula is C23H26N4O2. The van der Waals surface area contributed by atoms with Gasteiger partial charge >= 0.3 is 0 Å². The molecule has 1 fully saturated rings. The van der Waals surface area contributed by atoms with E-state index in [4.69, 9.17) is 9.51 Å². The Morgan fingerprint density at radius 3 is 2.79 bits per heavy atom. The van der Waals surface area contributed by atoms with Crippen molar-refractivity contribution < 1.29 is 9.32 Å². The molecule has 0 radical (unpaired) electrons. The van der Waals surface area contributed by atoms with E-state index in [1.54, 1.807) is 6.20 Å². The maximum atomic E-state index is 13.2. The molecule has 1 saturated heterocycles. The molecule has 0 spiro atoms. The van der Waals surface area contributed by atoms with E-state index in [-0.39, 0.29) is 11.9 Å². The molecule has 1 aliphatic heterocycles. The largest absolute Gasteiger partial charge is 0.356 e. The lowest BCUT2D eigenvalue weighted by atomic mass is 10.0. The van der Waals surface area contributed by atoms with Gasteiger partial charge in [-0.25, -0.2) is 9.97 Å². The minimum Gasteiger partial charge on any atom is -0.356 e. The highest BCUT2D eigenvalue weighted by Crippen LogP contribution is 2.38. The average molecular weight is 390 g/mol. The van der Waals surface area contributed by atoms with Gasteiger partial charge in [-0.3, -0.25) is 4.79 Å². The Hall–Kier alpha value is -3.02. The van der Waals surface area contributed by atoms with Gasteiger partial charge in [0.2, 0.25) is 5.91 Å². The molecule has 3 aromatic rings. The van der Waals surface area contributed by atoms with Crippen LogP contribution in [0.15, 0.2) is 35.0 Å². The Morgan fingerprint density at radius 2 is 2.07 bits per heavy atom. The first-order valence-corrected chi connectivity index (χ1v) is 10.1. The maximum absolute atomic E-state index is 13.2. The van der Waals surface area contributed by atoms with Crippen molar-refractivity contribution >= 4 is 5.91 Å². The first-order valence-electron chi connectivity index (χ1n) is 10.1. The summed E-state index contributed by atoms with van der Waals surface area (Å²) in [6, 6.07) is 8.06. The molecule has 0 N–H and O–H groups in total. The number of benzene rings is 1. The van der Waals surface area contributed by atoms with Crippen LogP contribution in [0, 0.1) is 27.7 Å². The van der Waals surface area contributed by atoms with Crippen LogP contribution in [0.1, 0.15) is 52.8 Å². The lowest BCUT2D eigenvalue weighted by Gasteiger charge is -2.26. The molecule has 4 rings (SSSR count). The summed E-state index contributed by atoms with van der Waals surface area (Å²) >= 11 is 0. The Kier molecular flexibility index (Phi) is 5.18. The van der Waals surface area contributed by atoms with Crippen LogP contribution in [-0.2, 0) is 11.2 Å². The van der Waals surface area contributed by atoms with Gasteiger partial charge in [-0.2, -0.15) is 0 Å². The predicted molar refractivity (Wildman–Crippen MR) is 110 cm³/mol. The van der Waals surface area contributed by atoms with Gasteiger partial charge in [-0.1, -0.05) is 35.0 Å². The van der Waals surface area contributed by atoms with Crippen LogP contribution in [0.5, 0.6) is 0 Å². The van der Waals surface area contributed by atoms with Crippen LogP contribution in [0.2, 0.25) is 0 Å². The van der Waals surface area contributed by atoms with E-state index in [0.717, 1.165) is 53.0 Å². The highest BCUT2D eigenvalue weighted by molar-refractivity contribution is 5.80. The van der Waals surface area contributed by atoms with Crippen molar-refractivity contribution in [3.63, 3.8) is 0 Å². The third kappa shape index (κ3) is 3.79. The molecular weight excluding hydrogens is 364 g/mol. The Morgan fingerprint density at radius 1 is 1.24 bits per heavy atom. The molecule has 0 saturated carbocycles. The summed E-state index contributed by atoms with van der Waals surface area (Å²) in [5.41, 5.74) is 5.72. The summed E-state index contributed by atoms with van der Waals surface area (Å²) in [6.45, 7) is 8.57. The second-order valence-corrected chi connectivity index (χ2v) is 7.85. The van der Waals surface area contributed by atoms with Crippen molar-refractivity contribution in [3.8, 4) is 11.3 Å². The quantitative estimate of drug-likeness (QED) is 0.665. The third-order valence-corrected chi connectivity index (χ3v) is 5.67. The van der Waals surface area contributed by atoms with Crippen LogP contribution in [0.4, 0.5) is 0 Å². The number of aromatic nitrogens is 3. The predicted octanol–water partition coefficient (Wildman–Crippen LogP) is 4.27. The SMILES string of the molecule is Cc1cccc(CC(=O)N2CCC[C@@H]2c2nc(C)ncc2-c2onc(C)c2C)c1. The van der Waals surface area contributed by atoms with Crippen molar-refractivity contribution in [3.05, 3.63) is 64.4 Å². The molecule has 6 nitrogen and oxygen atoms in total. The first kappa shape index (κ1) is 19.3. The van der Waals surface area contributed by atoms with Crippen LogP contribution in [0.25, 0.3) is 11.3 Å². The fourth-order valence-electron chi connectivity index (χ4n) is 4.03. The second-order valence-electron chi connectivity index (χ2n) is 7.85. The van der Waals surface area contributed by atoms with Gasteiger partial charge in [0, 0.05) is 18.3 Å². The molecule has 0 bridgehead atoms. The van der Waals surface area contributed by atoms with Gasteiger partial charge < -0.3 is 9.42 Å². The lowest BCUT2D eigenvalue weighted by Crippen LogP contribution is -2.32. The maximum Gasteiger partial charge on any atom is 0.227 e. The number of hydrogen-bond donors (Lipinski definition) is 0. The van der Waals surface area contributed by atoms with E-state index in [9.17, 15) is 4.79 Å². The van der Waals surface area contributed by atoms with E-state index >= 15 is 0 Å². The number of likely N-dealkylation sites (tertiary alicyclic amines) is 1. The Balaban J connectivity index is 1.67. The lowest BCUT2D eigenvalue weighted by molar-refractivity contribution is -0.131. The molecule has 29 heavy (non-hydrogen) atoms. The van der Waals surface area contributed by atoms with Crippen molar-refractivity contribution in [1.29, 1.82) is 0 Å². The minimum atomic E-state index is -0.0752. The normalized spacial score (nSPS) is 16.4. The number of carbonyl (C=O) groups excluding carboxylic acids is 1. The van der Waals surface area contributed by atoms with Gasteiger partial charge in [0.15, 0.2) is 5.76 Å². The summed E-state index contributed by atoms with van der Waals surface area (Å²) in [5, 5.41) is 4.09. The third-order valence-electron chi connectivity index (χ3n) is 5.67. The van der Waals surface area contributed by atoms with E-state index in [2.05, 4.69) is 16.2 Å². The smallest absolute Gasteiger partial charge is 0.227 e. The zero-order chi connectivity index (χ0) is 20.5. The number of rotatable bonds is 4.